The van der Waals surface area contributed by atoms with E-state index in [0.717, 1.165) is 68.2 Å². The van der Waals surface area contributed by atoms with E-state index >= 15 is 0 Å². The van der Waals surface area contributed by atoms with Crippen molar-refractivity contribution in [2.75, 3.05) is 0 Å². The van der Waals surface area contributed by atoms with Gasteiger partial charge in [-0.2, -0.15) is 0 Å². The van der Waals surface area contributed by atoms with E-state index < -0.39 is 5.60 Å². The Hall–Kier alpha value is -1.76. The van der Waals surface area contributed by atoms with Gasteiger partial charge in [0, 0.05) is 43.7 Å². The number of rotatable bonds is 2. The number of fused-ring (bicyclic) bond motifs is 5. The average Bonchev–Trinajstić information content (AvgIpc) is 3.46. The summed E-state index contributed by atoms with van der Waals surface area (Å²) in [7, 11) is 0. The summed E-state index contributed by atoms with van der Waals surface area (Å²) in [6.45, 7) is 13.3. The molecule has 5 aliphatic carbocycles. The Labute approximate surface area is 304 Å². The first-order chi connectivity index (χ1) is 21.6. The number of hydrogen-bond acceptors (Lipinski definition) is 3. The van der Waals surface area contributed by atoms with E-state index in [1.165, 1.54) is 35.2 Å². The van der Waals surface area contributed by atoms with Crippen molar-refractivity contribution in [3.8, 4) is 23.1 Å². The van der Waals surface area contributed by atoms with Gasteiger partial charge in [-0.25, -0.2) is 0 Å². The minimum absolute atomic E-state index is 0. The molecule has 7 rings (SSSR count). The number of halogens is 1. The van der Waals surface area contributed by atoms with Gasteiger partial charge >= 0.3 is 0 Å². The van der Waals surface area contributed by atoms with Crippen LogP contribution in [0.4, 0.5) is 0 Å². The molecule has 5 aliphatic rings. The van der Waals surface area contributed by atoms with Crippen LogP contribution in [0, 0.1) is 76.6 Å². The Kier molecular flexibility index (Phi) is 12.5. The van der Waals surface area contributed by atoms with Gasteiger partial charge in [0.1, 0.15) is 5.60 Å². The SMILES string of the molecule is CC[C@]12CCC3C4CCC(=O)C=C4CCC3C1CC[C@@]2(O)C#Cc1ccnc(-c2[c-]cccc2)c1.C[C]1[C](C)[C](C)[C](C)[C]1C.[Cl-].[Ir]. The Bertz CT molecular complexity index is 1440. The smallest absolute Gasteiger partial charge is 0.155 e. The third kappa shape index (κ3) is 6.99. The molecule has 1 N–H and O–H groups in total. The summed E-state index contributed by atoms with van der Waals surface area (Å²) in [5.74, 6) is 16.9. The van der Waals surface area contributed by atoms with Crippen LogP contribution in [-0.2, 0) is 24.9 Å². The first-order valence-electron chi connectivity index (χ1n) is 17.2. The van der Waals surface area contributed by atoms with Gasteiger partial charge in [0.2, 0.25) is 0 Å². The summed E-state index contributed by atoms with van der Waals surface area (Å²) >= 11 is 0. The second-order valence-corrected chi connectivity index (χ2v) is 14.3. The van der Waals surface area contributed by atoms with Crippen LogP contribution in [0.3, 0.4) is 0 Å². The predicted octanol–water partition coefficient (Wildman–Crippen LogP) is 6.14. The summed E-state index contributed by atoms with van der Waals surface area (Å²) in [5, 5.41) is 12.1. The summed E-state index contributed by atoms with van der Waals surface area (Å²) < 4.78 is 0. The molecule has 1 aromatic heterocycles. The Morgan fingerprint density at radius 1 is 0.915 bits per heavy atom. The summed E-state index contributed by atoms with van der Waals surface area (Å²) in [6.07, 6.45) is 12.7. The summed E-state index contributed by atoms with van der Waals surface area (Å²) in [4.78, 5) is 16.5. The van der Waals surface area contributed by atoms with Gasteiger partial charge in [-0.15, -0.1) is 35.9 Å². The molecule has 4 fully saturated rings. The van der Waals surface area contributed by atoms with Gasteiger partial charge in [0.15, 0.2) is 5.78 Å². The minimum atomic E-state index is -0.946. The number of carbonyl (C=O) groups excluding carboxylic acids is 1. The molecule has 47 heavy (non-hydrogen) atoms. The van der Waals surface area contributed by atoms with Gasteiger partial charge in [-0.3, -0.25) is 4.79 Å². The molecule has 0 bridgehead atoms. The van der Waals surface area contributed by atoms with Crippen LogP contribution in [0.1, 0.15) is 105 Å². The maximum absolute atomic E-state index is 12.1. The molecule has 4 unspecified atom stereocenters. The van der Waals surface area contributed by atoms with Crippen molar-refractivity contribution in [1.82, 2.24) is 4.98 Å². The van der Waals surface area contributed by atoms with Crippen LogP contribution in [0.2, 0.25) is 0 Å². The fraction of sp³-hybridized carbons (Fsp3) is 0.500. The number of hydrogen-bond donors (Lipinski definition) is 1. The largest absolute Gasteiger partial charge is 1.00 e. The Balaban J connectivity index is 0.000000360. The van der Waals surface area contributed by atoms with Crippen molar-refractivity contribution >= 4 is 5.78 Å². The topological polar surface area (TPSA) is 50.2 Å². The second-order valence-electron chi connectivity index (χ2n) is 14.3. The van der Waals surface area contributed by atoms with Crippen molar-refractivity contribution in [3.05, 3.63) is 95.5 Å². The zero-order valence-electron chi connectivity index (χ0n) is 28.8. The molecule has 6 radical (unpaired) electrons. The van der Waals surface area contributed by atoms with E-state index in [0.29, 0.717) is 35.9 Å². The van der Waals surface area contributed by atoms with E-state index in [1.807, 2.05) is 42.5 Å². The van der Waals surface area contributed by atoms with Crippen molar-refractivity contribution < 1.29 is 42.4 Å². The van der Waals surface area contributed by atoms with Crippen LogP contribution in [0.15, 0.2) is 54.2 Å². The molecule has 0 aliphatic heterocycles. The van der Waals surface area contributed by atoms with Crippen LogP contribution >= 0.6 is 0 Å². The van der Waals surface area contributed by atoms with Crippen LogP contribution in [0.25, 0.3) is 11.3 Å². The zero-order valence-corrected chi connectivity index (χ0v) is 32.0. The zero-order chi connectivity index (χ0) is 31.9. The Morgan fingerprint density at radius 2 is 1.62 bits per heavy atom. The molecule has 6 atom stereocenters. The van der Waals surface area contributed by atoms with Crippen LogP contribution in [-0.4, -0.2) is 21.5 Å². The van der Waals surface area contributed by atoms with E-state index in [1.54, 1.807) is 6.20 Å². The first kappa shape index (κ1) is 38.0. The second kappa shape index (κ2) is 15.4. The number of pyridine rings is 1. The van der Waals surface area contributed by atoms with E-state index in [9.17, 15) is 9.90 Å². The van der Waals surface area contributed by atoms with Crippen LogP contribution in [0.5, 0.6) is 0 Å². The normalized spacial score (nSPS) is 32.7. The number of aromatic nitrogens is 1. The average molecular weight is 828 g/mol. The fourth-order valence-electron chi connectivity index (χ4n) is 9.72. The molecule has 1 aromatic carbocycles. The molecule has 0 saturated heterocycles. The van der Waals surface area contributed by atoms with Gasteiger partial charge in [0.25, 0.3) is 0 Å². The summed E-state index contributed by atoms with van der Waals surface area (Å²) in [5.41, 5.74) is 3.05. The molecule has 5 heteroatoms. The standard InChI is InChI=1S/C32H34NO2.C10H15.ClH.Ir/c1-2-31-16-13-27-26-11-9-25(34)21-24(26)8-10-28(27)29(31)14-18-32(31,35)17-12-22-15-19-33-30(20-22)23-6-4-3-5-7-23;1-6-7(2)9(4)10(5)8(6)3;;/h3-6,15,19-21,26-29,35H,2,8-11,13-14,16,18H2,1H3;1-5H3;1H;/q-1;;;/p-1/t26?,27?,28?,29?,31-,32-;;;/m0.../s1. The first-order valence-corrected chi connectivity index (χ1v) is 17.2. The molecule has 0 spiro atoms. The molecule has 252 valence electrons. The maximum atomic E-state index is 12.1. The maximum Gasteiger partial charge on any atom is 0.155 e. The molecule has 3 nitrogen and oxygen atoms in total. The van der Waals surface area contributed by atoms with E-state index in [4.69, 9.17) is 0 Å². The predicted molar refractivity (Wildman–Crippen MR) is 182 cm³/mol. The monoisotopic (exact) mass is 827 g/mol. The minimum Gasteiger partial charge on any atom is -1.00 e. The number of allylic oxidation sites excluding steroid dienone is 1. The van der Waals surface area contributed by atoms with Gasteiger partial charge in [0.05, 0.1) is 0 Å². The number of benzene rings is 1. The quantitative estimate of drug-likeness (QED) is 0.293. The van der Waals surface area contributed by atoms with Gasteiger partial charge < -0.3 is 22.5 Å². The third-order valence-electron chi connectivity index (χ3n) is 12.8. The Morgan fingerprint density at radius 3 is 2.26 bits per heavy atom. The molecule has 0 amide bonds. The van der Waals surface area contributed by atoms with Crippen LogP contribution < -0.4 is 12.4 Å². The molecule has 2 aromatic rings. The number of aliphatic hydroxyl groups is 1. The fourth-order valence-corrected chi connectivity index (χ4v) is 9.72. The molecule has 4 saturated carbocycles. The van der Waals surface area contributed by atoms with Crippen molar-refractivity contribution in [2.24, 2.45) is 29.1 Å². The number of ketones is 1. The molecular weight excluding hydrogens is 778 g/mol. The third-order valence-corrected chi connectivity index (χ3v) is 12.8. The molecular formula is C42H49ClIrNO2-2. The van der Waals surface area contributed by atoms with Crippen molar-refractivity contribution in [2.45, 2.75) is 105 Å². The van der Waals surface area contributed by atoms with Crippen molar-refractivity contribution in [3.63, 3.8) is 0 Å². The van der Waals surface area contributed by atoms with Crippen molar-refractivity contribution in [1.29, 1.82) is 0 Å². The number of nitrogens with zero attached hydrogens (tertiary/aromatic N) is 1. The van der Waals surface area contributed by atoms with Gasteiger partial charge in [-0.05, 0) is 122 Å². The van der Waals surface area contributed by atoms with E-state index in [2.05, 4.69) is 64.4 Å². The van der Waals surface area contributed by atoms with Gasteiger partial charge in [-0.1, -0.05) is 65.0 Å². The van der Waals surface area contributed by atoms with E-state index in [-0.39, 0.29) is 37.9 Å². The summed E-state index contributed by atoms with van der Waals surface area (Å²) in [6, 6.07) is 15.0. The molecule has 1 heterocycles. The number of carbonyl (C=O) groups is 1.